The first kappa shape index (κ1) is 20.2. The van der Waals surface area contributed by atoms with Crippen molar-refractivity contribution in [3.8, 4) is 28.5 Å². The number of pyridine rings is 2. The molecular formula is C25H17N5O3. The maximum absolute atomic E-state index is 13.3. The molecule has 4 aromatic rings. The Morgan fingerprint density at radius 3 is 1.88 bits per heavy atom. The van der Waals surface area contributed by atoms with Gasteiger partial charge < -0.3 is 10.1 Å². The second-order valence-electron chi connectivity index (χ2n) is 7.15. The number of anilines is 1. The molecular weight excluding hydrogens is 418 g/mol. The van der Waals surface area contributed by atoms with Crippen LogP contribution in [0.4, 0.5) is 5.69 Å². The number of allylic oxidation sites excluding steroid dienone is 2. The van der Waals surface area contributed by atoms with Crippen molar-refractivity contribution in [2.75, 3.05) is 12.4 Å². The number of ketones is 2. The van der Waals surface area contributed by atoms with Crippen LogP contribution in [-0.4, -0.2) is 38.6 Å². The van der Waals surface area contributed by atoms with Crippen molar-refractivity contribution in [3.05, 3.63) is 96.2 Å². The average molecular weight is 435 g/mol. The van der Waals surface area contributed by atoms with E-state index < -0.39 is 11.6 Å². The van der Waals surface area contributed by atoms with Crippen LogP contribution in [0.2, 0.25) is 0 Å². The zero-order valence-corrected chi connectivity index (χ0v) is 17.5. The van der Waals surface area contributed by atoms with E-state index >= 15 is 0 Å². The van der Waals surface area contributed by atoms with Crippen molar-refractivity contribution >= 4 is 17.3 Å². The van der Waals surface area contributed by atoms with E-state index in [2.05, 4.69) is 25.3 Å². The van der Waals surface area contributed by atoms with Crippen LogP contribution in [0.5, 0.6) is 5.75 Å². The van der Waals surface area contributed by atoms with Crippen LogP contribution in [0, 0.1) is 0 Å². The van der Waals surface area contributed by atoms with Crippen LogP contribution in [-0.2, 0) is 0 Å². The number of aromatic nitrogens is 4. The monoisotopic (exact) mass is 435 g/mol. The van der Waals surface area contributed by atoms with Crippen molar-refractivity contribution in [2.24, 2.45) is 0 Å². The molecule has 160 valence electrons. The lowest BCUT2D eigenvalue weighted by molar-refractivity contribution is 0.0978. The molecule has 1 aliphatic carbocycles. The molecule has 1 N–H and O–H groups in total. The predicted octanol–water partition coefficient (Wildman–Crippen LogP) is 3.98. The summed E-state index contributed by atoms with van der Waals surface area (Å²) >= 11 is 0. The molecule has 0 amide bonds. The maximum atomic E-state index is 13.3. The van der Waals surface area contributed by atoms with Gasteiger partial charge in [0.25, 0.3) is 0 Å². The normalized spacial score (nSPS) is 12.7. The Hall–Kier alpha value is -4.72. The van der Waals surface area contributed by atoms with Gasteiger partial charge in [0.2, 0.25) is 11.6 Å². The summed E-state index contributed by atoms with van der Waals surface area (Å²) in [6.07, 6.45) is 4.50. The van der Waals surface area contributed by atoms with Crippen molar-refractivity contribution in [2.45, 2.75) is 0 Å². The van der Waals surface area contributed by atoms with E-state index in [4.69, 9.17) is 4.74 Å². The van der Waals surface area contributed by atoms with Gasteiger partial charge in [0.15, 0.2) is 0 Å². The highest BCUT2D eigenvalue weighted by molar-refractivity contribution is 6.24. The fourth-order valence-corrected chi connectivity index (χ4v) is 3.44. The molecule has 0 saturated carbocycles. The third kappa shape index (κ3) is 3.85. The molecule has 0 bridgehead atoms. The minimum Gasteiger partial charge on any atom is -0.497 e. The number of rotatable bonds is 5. The number of benzene rings is 1. The van der Waals surface area contributed by atoms with E-state index in [-0.39, 0.29) is 17.1 Å². The Kier molecular flexibility index (Phi) is 5.16. The lowest BCUT2D eigenvalue weighted by Crippen LogP contribution is -2.25. The molecule has 0 fully saturated rings. The fraction of sp³-hybridized carbons (Fsp3) is 0.0400. The Labute approximate surface area is 189 Å². The van der Waals surface area contributed by atoms with Crippen molar-refractivity contribution < 1.29 is 14.3 Å². The first-order valence-electron chi connectivity index (χ1n) is 10.1. The van der Waals surface area contributed by atoms with E-state index in [9.17, 15) is 9.59 Å². The Bertz CT molecular complexity index is 1390. The number of hydrogen-bond donors (Lipinski definition) is 1. The van der Waals surface area contributed by atoms with Crippen LogP contribution in [0.1, 0.15) is 21.0 Å². The van der Waals surface area contributed by atoms with E-state index in [1.54, 1.807) is 68.0 Å². The van der Waals surface area contributed by atoms with Crippen LogP contribution in [0.15, 0.2) is 84.8 Å². The molecule has 0 aliphatic heterocycles. The predicted molar refractivity (Wildman–Crippen MR) is 122 cm³/mol. The summed E-state index contributed by atoms with van der Waals surface area (Å²) < 4.78 is 5.15. The quantitative estimate of drug-likeness (QED) is 0.502. The minimum atomic E-state index is -0.433. The number of Topliss-reactive ketones (excluding diaryl/α,β-unsaturated/α-hetero) is 1. The average Bonchev–Trinajstić information content (AvgIpc) is 2.88. The molecule has 33 heavy (non-hydrogen) atoms. The highest BCUT2D eigenvalue weighted by Gasteiger charge is 2.31. The van der Waals surface area contributed by atoms with E-state index in [1.165, 1.54) is 6.08 Å². The summed E-state index contributed by atoms with van der Waals surface area (Å²) in [7, 11) is 1.57. The first-order chi connectivity index (χ1) is 16.1. The number of carbonyl (C=O) groups excluding carboxylic acids is 2. The van der Waals surface area contributed by atoms with Gasteiger partial charge in [-0.2, -0.15) is 0 Å². The first-order valence-corrected chi connectivity index (χ1v) is 10.1. The lowest BCUT2D eigenvalue weighted by atomic mass is 10.00. The van der Waals surface area contributed by atoms with Crippen LogP contribution in [0.3, 0.4) is 0 Å². The lowest BCUT2D eigenvalue weighted by Gasteiger charge is -2.18. The number of nitrogens with zero attached hydrogens (tertiary/aromatic N) is 4. The van der Waals surface area contributed by atoms with Gasteiger partial charge in [-0.25, -0.2) is 9.97 Å². The minimum absolute atomic E-state index is 0.0133. The summed E-state index contributed by atoms with van der Waals surface area (Å²) in [4.78, 5) is 44.0. The van der Waals surface area contributed by atoms with Gasteiger partial charge in [0.05, 0.1) is 24.2 Å². The molecule has 3 heterocycles. The highest BCUT2D eigenvalue weighted by atomic mass is 16.5. The zero-order chi connectivity index (χ0) is 22.8. The molecule has 0 unspecified atom stereocenters. The molecule has 0 spiro atoms. The van der Waals surface area contributed by atoms with E-state index in [0.717, 1.165) is 0 Å². The van der Waals surface area contributed by atoms with E-state index in [0.29, 0.717) is 34.2 Å². The number of ether oxygens (including phenoxy) is 1. The van der Waals surface area contributed by atoms with Gasteiger partial charge >= 0.3 is 0 Å². The van der Waals surface area contributed by atoms with Crippen molar-refractivity contribution in [1.82, 2.24) is 19.9 Å². The Balaban J connectivity index is 1.60. The molecule has 0 radical (unpaired) electrons. The second-order valence-corrected chi connectivity index (χ2v) is 7.15. The third-order valence-corrected chi connectivity index (χ3v) is 5.05. The van der Waals surface area contributed by atoms with Gasteiger partial charge in [-0.15, -0.1) is 0 Å². The summed E-state index contributed by atoms with van der Waals surface area (Å²) in [6.45, 7) is 0. The van der Waals surface area contributed by atoms with Gasteiger partial charge in [0, 0.05) is 24.2 Å². The number of fused-ring (bicyclic) bond motifs is 1. The maximum Gasteiger partial charge on any atom is 0.230 e. The van der Waals surface area contributed by atoms with Crippen LogP contribution in [0.25, 0.3) is 22.8 Å². The summed E-state index contributed by atoms with van der Waals surface area (Å²) in [5, 5.41) is 3.00. The summed E-state index contributed by atoms with van der Waals surface area (Å²) in [5.41, 5.74) is 2.51. The number of methoxy groups -OCH3 is 1. The Morgan fingerprint density at radius 1 is 0.727 bits per heavy atom. The molecule has 8 nitrogen and oxygen atoms in total. The number of nitrogens with one attached hydrogen (secondary N) is 1. The molecule has 3 aromatic heterocycles. The molecule has 5 rings (SSSR count). The highest BCUT2D eigenvalue weighted by Crippen LogP contribution is 2.30. The summed E-state index contributed by atoms with van der Waals surface area (Å²) in [6, 6.07) is 17.7. The topological polar surface area (TPSA) is 107 Å². The smallest absolute Gasteiger partial charge is 0.230 e. The molecule has 0 atom stereocenters. The number of hydrogen-bond acceptors (Lipinski definition) is 8. The standard InChI is InChI=1S/C25H17N5O3/c1-33-16-10-8-15(9-11-16)28-19-14-20(31)23-24(25(19)32)30-22(18-7-3-5-13-27-18)21(29-23)17-6-2-4-12-26-17/h2-14,28H,1H3. The van der Waals surface area contributed by atoms with Crippen molar-refractivity contribution in [1.29, 1.82) is 0 Å². The van der Waals surface area contributed by atoms with Gasteiger partial charge in [-0.1, -0.05) is 12.1 Å². The molecule has 1 aromatic carbocycles. The van der Waals surface area contributed by atoms with Gasteiger partial charge in [-0.3, -0.25) is 19.6 Å². The molecule has 1 aliphatic rings. The third-order valence-electron chi connectivity index (χ3n) is 5.05. The summed E-state index contributed by atoms with van der Waals surface area (Å²) in [5.74, 6) is -0.172. The molecule has 8 heteroatoms. The zero-order valence-electron chi connectivity index (χ0n) is 17.5. The SMILES string of the molecule is COc1ccc(NC2=CC(=O)c3nc(-c4ccccn4)c(-c4ccccn4)nc3C2=O)cc1. The Morgan fingerprint density at radius 2 is 1.33 bits per heavy atom. The van der Waals surface area contributed by atoms with Crippen molar-refractivity contribution in [3.63, 3.8) is 0 Å². The van der Waals surface area contributed by atoms with Gasteiger partial charge in [0.1, 0.15) is 28.5 Å². The van der Waals surface area contributed by atoms with Crippen LogP contribution < -0.4 is 10.1 Å². The number of carbonyl (C=O) groups is 2. The fourth-order valence-electron chi connectivity index (χ4n) is 3.44. The van der Waals surface area contributed by atoms with Gasteiger partial charge in [-0.05, 0) is 48.5 Å². The second kappa shape index (κ2) is 8.43. The molecule has 0 saturated heterocycles. The van der Waals surface area contributed by atoms with Crippen LogP contribution >= 0.6 is 0 Å². The van der Waals surface area contributed by atoms with E-state index in [1.807, 2.05) is 12.1 Å². The largest absolute Gasteiger partial charge is 0.497 e.